The van der Waals surface area contributed by atoms with Crippen LogP contribution in [0.4, 0.5) is 13.2 Å². The second-order valence-corrected chi connectivity index (χ2v) is 10.5. The van der Waals surface area contributed by atoms with E-state index in [2.05, 4.69) is 10.2 Å². The summed E-state index contributed by atoms with van der Waals surface area (Å²) in [5, 5.41) is 43.5. The zero-order valence-corrected chi connectivity index (χ0v) is 23.9. The van der Waals surface area contributed by atoms with Crippen LogP contribution in [0.15, 0.2) is 72.8 Å². The van der Waals surface area contributed by atoms with Crippen LogP contribution in [0.25, 0.3) is 0 Å². The molecule has 5 atom stereocenters. The van der Waals surface area contributed by atoms with E-state index in [0.717, 1.165) is 17.7 Å². The highest BCUT2D eigenvalue weighted by Gasteiger charge is 2.39. The van der Waals surface area contributed by atoms with Crippen LogP contribution < -0.4 is 10.1 Å². The summed E-state index contributed by atoms with van der Waals surface area (Å²) in [6, 6.07) is 11.3. The van der Waals surface area contributed by atoms with Crippen molar-refractivity contribution in [2.24, 2.45) is 11.8 Å². The normalized spacial score (nSPS) is 21.0. The maximum Gasteiger partial charge on any atom is 0.416 e. The van der Waals surface area contributed by atoms with Crippen molar-refractivity contribution in [2.45, 2.75) is 69.7 Å². The van der Waals surface area contributed by atoms with Gasteiger partial charge in [0, 0.05) is 25.3 Å². The number of carbonyl (C=O) groups is 1. The number of alkyl halides is 3. The Balaban J connectivity index is 1.39. The number of amides is 1. The molecule has 1 amide bonds. The minimum Gasteiger partial charge on any atom is -0.491 e. The van der Waals surface area contributed by atoms with Gasteiger partial charge < -0.3 is 30.2 Å². The Morgan fingerprint density at radius 1 is 1.11 bits per heavy atom. The molecule has 240 valence electrons. The summed E-state index contributed by atoms with van der Waals surface area (Å²) in [5.74, 6) is -0.952. The van der Waals surface area contributed by atoms with Crippen molar-refractivity contribution in [2.75, 3.05) is 6.61 Å². The van der Waals surface area contributed by atoms with E-state index in [9.17, 15) is 43.4 Å². The Hall–Kier alpha value is -3.94. The molecule has 0 radical (unpaired) electrons. The standard InChI is InChI=1S/C31H37F3N2O8/c32-31(33,34)23-10-7-11-25(16-23)43-20-24(37)14-15-27-26(28(38)17-29(27)39)12-3-1-2-4-13-30(40)35-18-21-8-5-6-9-22(21)19-44-36(41)42/h1,3,5-11,14-16,24,26-29,37-39H,2,4,12-13,17-20H2,(H,35,40)/b3-1-,15-14+/t24-,26-,27-,28+,29-/m1/s1. The van der Waals surface area contributed by atoms with Crippen molar-refractivity contribution in [3.63, 3.8) is 0 Å². The molecule has 0 aromatic heterocycles. The number of aliphatic hydroxyl groups excluding tert-OH is 3. The van der Waals surface area contributed by atoms with Crippen molar-refractivity contribution in [1.82, 2.24) is 5.32 Å². The Morgan fingerprint density at radius 3 is 2.59 bits per heavy atom. The first kappa shape index (κ1) is 34.5. The molecule has 0 bridgehead atoms. The zero-order valence-electron chi connectivity index (χ0n) is 23.9. The average Bonchev–Trinajstić information content (AvgIpc) is 3.25. The van der Waals surface area contributed by atoms with E-state index in [1.807, 2.05) is 12.2 Å². The van der Waals surface area contributed by atoms with Gasteiger partial charge in [-0.15, -0.1) is 10.1 Å². The molecule has 0 heterocycles. The summed E-state index contributed by atoms with van der Waals surface area (Å²) in [6.45, 7) is -0.274. The third-order valence-corrected chi connectivity index (χ3v) is 7.32. The van der Waals surface area contributed by atoms with Crippen molar-refractivity contribution in [3.8, 4) is 5.75 Å². The van der Waals surface area contributed by atoms with Gasteiger partial charge in [-0.1, -0.05) is 54.6 Å². The van der Waals surface area contributed by atoms with Crippen LogP contribution in [0.3, 0.4) is 0 Å². The topological polar surface area (TPSA) is 151 Å². The van der Waals surface area contributed by atoms with Gasteiger partial charge in [0.05, 0.1) is 17.8 Å². The minimum atomic E-state index is -4.51. The van der Waals surface area contributed by atoms with Gasteiger partial charge in [-0.2, -0.15) is 13.2 Å². The number of nitrogens with one attached hydrogen (secondary N) is 1. The van der Waals surface area contributed by atoms with Crippen LogP contribution in [0, 0.1) is 22.0 Å². The summed E-state index contributed by atoms with van der Waals surface area (Å²) >= 11 is 0. The van der Waals surface area contributed by atoms with Gasteiger partial charge in [0.25, 0.3) is 5.09 Å². The number of nitrogens with zero attached hydrogens (tertiary/aromatic N) is 1. The first-order valence-corrected chi connectivity index (χ1v) is 14.2. The first-order valence-electron chi connectivity index (χ1n) is 14.2. The minimum absolute atomic E-state index is 0.0327. The fourth-order valence-corrected chi connectivity index (χ4v) is 4.99. The van der Waals surface area contributed by atoms with Crippen LogP contribution in [0.2, 0.25) is 0 Å². The molecule has 1 fully saturated rings. The number of unbranched alkanes of at least 4 members (excludes halogenated alkanes) is 1. The Labute approximate surface area is 252 Å². The largest absolute Gasteiger partial charge is 0.491 e. The number of ether oxygens (including phenoxy) is 1. The highest BCUT2D eigenvalue weighted by atomic mass is 19.4. The fraction of sp³-hybridized carbons (Fsp3) is 0.452. The van der Waals surface area contributed by atoms with E-state index < -0.39 is 41.1 Å². The second kappa shape index (κ2) is 16.8. The van der Waals surface area contributed by atoms with Crippen LogP contribution >= 0.6 is 0 Å². The molecule has 2 aromatic carbocycles. The zero-order chi connectivity index (χ0) is 32.1. The number of benzene rings is 2. The number of carbonyl (C=O) groups excluding carboxylic acids is 1. The number of aliphatic hydroxyl groups is 3. The molecule has 1 saturated carbocycles. The molecule has 3 rings (SSSR count). The predicted octanol–water partition coefficient (Wildman–Crippen LogP) is 4.50. The molecule has 0 aliphatic heterocycles. The quantitative estimate of drug-likeness (QED) is 0.0925. The molecule has 1 aliphatic carbocycles. The molecule has 1 aliphatic rings. The molecule has 4 N–H and O–H groups in total. The monoisotopic (exact) mass is 622 g/mol. The fourth-order valence-electron chi connectivity index (χ4n) is 4.99. The lowest BCUT2D eigenvalue weighted by Gasteiger charge is -2.19. The average molecular weight is 623 g/mol. The van der Waals surface area contributed by atoms with Crippen molar-refractivity contribution < 1.29 is 47.9 Å². The molecule has 2 aromatic rings. The lowest BCUT2D eigenvalue weighted by Crippen LogP contribution is -2.23. The first-order chi connectivity index (χ1) is 20.9. The number of allylic oxidation sites excluding steroid dienone is 2. The van der Waals surface area contributed by atoms with Gasteiger partial charge in [0.2, 0.25) is 5.91 Å². The summed E-state index contributed by atoms with van der Waals surface area (Å²) in [4.78, 5) is 27.1. The van der Waals surface area contributed by atoms with Crippen molar-refractivity contribution >= 4 is 5.91 Å². The highest BCUT2D eigenvalue weighted by Crippen LogP contribution is 2.36. The van der Waals surface area contributed by atoms with Gasteiger partial charge in [-0.3, -0.25) is 4.79 Å². The van der Waals surface area contributed by atoms with Crippen LogP contribution in [0.1, 0.15) is 48.8 Å². The maximum absolute atomic E-state index is 12.9. The molecule has 13 heteroatoms. The van der Waals surface area contributed by atoms with Crippen molar-refractivity contribution in [1.29, 1.82) is 0 Å². The highest BCUT2D eigenvalue weighted by molar-refractivity contribution is 5.75. The molecular weight excluding hydrogens is 585 g/mol. The summed E-state index contributed by atoms with van der Waals surface area (Å²) < 4.78 is 43.9. The van der Waals surface area contributed by atoms with E-state index in [1.165, 1.54) is 18.2 Å². The molecular formula is C31H37F3N2O8. The summed E-state index contributed by atoms with van der Waals surface area (Å²) in [7, 11) is 0. The number of halogens is 3. The van der Waals surface area contributed by atoms with E-state index >= 15 is 0 Å². The Bertz CT molecular complexity index is 1290. The summed E-state index contributed by atoms with van der Waals surface area (Å²) in [6.07, 6.45) is 1.64. The molecule has 44 heavy (non-hydrogen) atoms. The SMILES string of the molecule is O=C(CCC/C=C\C[C@@H]1[C@@H](/C=C/[C@@H](O)COc2cccc(C(F)(F)F)c2)[C@H](O)C[C@@H]1O)NCc1ccccc1CO[N+](=O)[O-]. The third-order valence-electron chi connectivity index (χ3n) is 7.32. The van der Waals surface area contributed by atoms with Crippen molar-refractivity contribution in [3.05, 3.63) is 99.6 Å². The van der Waals surface area contributed by atoms with E-state index in [-0.39, 0.29) is 50.2 Å². The Morgan fingerprint density at radius 2 is 1.86 bits per heavy atom. The molecule has 0 unspecified atom stereocenters. The van der Waals surface area contributed by atoms with Crippen LogP contribution in [-0.2, 0) is 29.0 Å². The summed E-state index contributed by atoms with van der Waals surface area (Å²) in [5.41, 5.74) is 0.473. The van der Waals surface area contributed by atoms with Crippen LogP contribution in [-0.4, -0.2) is 51.2 Å². The molecule has 0 saturated heterocycles. The lowest BCUT2D eigenvalue weighted by molar-refractivity contribution is -0.763. The van der Waals surface area contributed by atoms with E-state index in [4.69, 9.17) is 4.74 Å². The molecule has 0 spiro atoms. The third kappa shape index (κ3) is 11.3. The second-order valence-electron chi connectivity index (χ2n) is 10.5. The van der Waals surface area contributed by atoms with E-state index in [0.29, 0.717) is 24.8 Å². The van der Waals surface area contributed by atoms with Gasteiger partial charge in [-0.05, 0) is 54.5 Å². The lowest BCUT2D eigenvalue weighted by atomic mass is 9.89. The van der Waals surface area contributed by atoms with Gasteiger partial charge in [0.1, 0.15) is 25.1 Å². The number of hydrogen-bond donors (Lipinski definition) is 4. The van der Waals surface area contributed by atoms with Gasteiger partial charge >= 0.3 is 6.18 Å². The van der Waals surface area contributed by atoms with Crippen LogP contribution in [0.5, 0.6) is 5.75 Å². The smallest absolute Gasteiger partial charge is 0.416 e. The van der Waals surface area contributed by atoms with Gasteiger partial charge in [0.15, 0.2) is 0 Å². The Kier molecular flexibility index (Phi) is 13.2. The maximum atomic E-state index is 12.9. The predicted molar refractivity (Wildman–Crippen MR) is 153 cm³/mol. The van der Waals surface area contributed by atoms with Gasteiger partial charge in [-0.25, -0.2) is 0 Å². The number of rotatable bonds is 16. The molecule has 10 nitrogen and oxygen atoms in total. The number of hydrogen-bond acceptors (Lipinski definition) is 8. The van der Waals surface area contributed by atoms with E-state index in [1.54, 1.807) is 30.3 Å².